The molecule has 2 fully saturated rings. The molecule has 26 heavy (non-hydrogen) atoms. The van der Waals surface area contributed by atoms with Gasteiger partial charge in [-0.2, -0.15) is 0 Å². The van der Waals surface area contributed by atoms with E-state index in [0.29, 0.717) is 25.4 Å². The van der Waals surface area contributed by atoms with Gasteiger partial charge in [0.2, 0.25) is 11.8 Å². The number of rotatable bonds is 6. The molecule has 0 spiro atoms. The molecule has 1 aliphatic carbocycles. The fourth-order valence-electron chi connectivity index (χ4n) is 3.87. The molecule has 2 N–H and O–H groups in total. The average Bonchev–Trinajstić information content (AvgIpc) is 3.19. The second kappa shape index (κ2) is 10.5. The van der Waals surface area contributed by atoms with E-state index in [1.807, 2.05) is 17.0 Å². The van der Waals surface area contributed by atoms with Gasteiger partial charge in [0.15, 0.2) is 0 Å². The van der Waals surface area contributed by atoms with Crippen LogP contribution in [0.15, 0.2) is 24.5 Å². The van der Waals surface area contributed by atoms with Crippen LogP contribution in [-0.2, 0) is 9.59 Å². The second-order valence-electron chi connectivity index (χ2n) is 7.06. The molecule has 1 aromatic rings. The minimum absolute atomic E-state index is 0. The van der Waals surface area contributed by atoms with Crippen molar-refractivity contribution in [1.29, 1.82) is 0 Å². The summed E-state index contributed by atoms with van der Waals surface area (Å²) in [4.78, 5) is 30.7. The van der Waals surface area contributed by atoms with E-state index < -0.39 is 0 Å². The molecule has 7 heteroatoms. The first-order valence-corrected chi connectivity index (χ1v) is 9.41. The van der Waals surface area contributed by atoms with Gasteiger partial charge in [-0.3, -0.25) is 14.6 Å². The normalized spacial score (nSPS) is 20.5. The van der Waals surface area contributed by atoms with Crippen molar-refractivity contribution in [3.05, 3.63) is 30.1 Å². The summed E-state index contributed by atoms with van der Waals surface area (Å²) in [5.41, 5.74) is 1.02. The van der Waals surface area contributed by atoms with Gasteiger partial charge < -0.3 is 15.5 Å². The summed E-state index contributed by atoms with van der Waals surface area (Å²) in [6.45, 7) is 2.22. The highest BCUT2D eigenvalue weighted by molar-refractivity contribution is 5.85. The average molecular weight is 381 g/mol. The molecule has 0 radical (unpaired) electrons. The van der Waals surface area contributed by atoms with Crippen molar-refractivity contribution in [3.8, 4) is 0 Å². The number of amides is 2. The van der Waals surface area contributed by atoms with Gasteiger partial charge in [0.1, 0.15) is 0 Å². The maximum atomic E-state index is 12.6. The van der Waals surface area contributed by atoms with E-state index in [1.54, 1.807) is 12.4 Å². The molecule has 0 aromatic carbocycles. The molecule has 0 bridgehead atoms. The predicted octanol–water partition coefficient (Wildman–Crippen LogP) is 2.06. The van der Waals surface area contributed by atoms with E-state index in [0.717, 1.165) is 18.5 Å². The summed E-state index contributed by atoms with van der Waals surface area (Å²) in [6.07, 6.45) is 10.1. The van der Waals surface area contributed by atoms with Crippen molar-refractivity contribution >= 4 is 24.2 Å². The number of halogens is 1. The number of piperazine rings is 1. The third-order valence-electron chi connectivity index (χ3n) is 5.32. The predicted molar refractivity (Wildman–Crippen MR) is 103 cm³/mol. The monoisotopic (exact) mass is 380 g/mol. The van der Waals surface area contributed by atoms with E-state index in [4.69, 9.17) is 0 Å². The molecule has 6 nitrogen and oxygen atoms in total. The number of pyridine rings is 1. The minimum Gasteiger partial charge on any atom is -0.347 e. The Kier molecular flexibility index (Phi) is 8.32. The lowest BCUT2D eigenvalue weighted by Gasteiger charge is -2.36. The molecule has 3 rings (SSSR count). The second-order valence-corrected chi connectivity index (χ2v) is 7.06. The zero-order valence-electron chi connectivity index (χ0n) is 15.2. The first-order chi connectivity index (χ1) is 12.2. The standard InChI is InChI=1S/C19H28N4O2.ClH/c24-18(8-7-15-4-1-2-5-15)22-14-19(25)23-11-10-21-13-17(23)16-6-3-9-20-12-16;/h3,6,9,12,15,17,21H,1-2,4-5,7-8,10-11,13-14H2,(H,22,24);1H. The van der Waals surface area contributed by atoms with Crippen molar-refractivity contribution in [1.82, 2.24) is 20.5 Å². The van der Waals surface area contributed by atoms with Crippen LogP contribution in [0.4, 0.5) is 0 Å². The molecule has 2 aliphatic rings. The molecule has 144 valence electrons. The lowest BCUT2D eigenvalue weighted by molar-refractivity contribution is -0.135. The molecule has 1 unspecified atom stereocenters. The maximum absolute atomic E-state index is 12.6. The van der Waals surface area contributed by atoms with Gasteiger partial charge in [-0.15, -0.1) is 12.4 Å². The van der Waals surface area contributed by atoms with Gasteiger partial charge in [-0.25, -0.2) is 0 Å². The number of hydrogen-bond acceptors (Lipinski definition) is 4. The lowest BCUT2D eigenvalue weighted by atomic mass is 10.0. The Hall–Kier alpha value is -1.66. The van der Waals surface area contributed by atoms with Gasteiger partial charge in [0, 0.05) is 38.4 Å². The van der Waals surface area contributed by atoms with Crippen LogP contribution in [0.3, 0.4) is 0 Å². The summed E-state index contributed by atoms with van der Waals surface area (Å²) in [6, 6.07) is 3.85. The van der Waals surface area contributed by atoms with Crippen molar-refractivity contribution in [2.75, 3.05) is 26.2 Å². The largest absolute Gasteiger partial charge is 0.347 e. The fraction of sp³-hybridized carbons (Fsp3) is 0.632. The molecule has 1 aromatic heterocycles. The van der Waals surface area contributed by atoms with Gasteiger partial charge in [-0.1, -0.05) is 31.7 Å². The molecule has 2 heterocycles. The van der Waals surface area contributed by atoms with E-state index in [9.17, 15) is 9.59 Å². The SMILES string of the molecule is Cl.O=C(CCC1CCCC1)NCC(=O)N1CCNCC1c1cccnc1. The van der Waals surface area contributed by atoms with Crippen LogP contribution >= 0.6 is 12.4 Å². The Morgan fingerprint density at radius 3 is 2.85 bits per heavy atom. The highest BCUT2D eigenvalue weighted by Crippen LogP contribution is 2.28. The number of hydrogen-bond donors (Lipinski definition) is 2. The van der Waals surface area contributed by atoms with E-state index in [2.05, 4.69) is 15.6 Å². The first kappa shape index (κ1) is 20.6. The zero-order valence-corrected chi connectivity index (χ0v) is 16.0. The van der Waals surface area contributed by atoms with Crippen LogP contribution in [0.2, 0.25) is 0 Å². The molecule has 1 atom stereocenters. The van der Waals surface area contributed by atoms with Gasteiger partial charge in [-0.05, 0) is 24.0 Å². The highest BCUT2D eigenvalue weighted by atomic mass is 35.5. The summed E-state index contributed by atoms with van der Waals surface area (Å²) >= 11 is 0. The topological polar surface area (TPSA) is 74.3 Å². The van der Waals surface area contributed by atoms with Crippen molar-refractivity contribution in [2.45, 2.75) is 44.6 Å². The van der Waals surface area contributed by atoms with E-state index >= 15 is 0 Å². The Morgan fingerprint density at radius 1 is 1.31 bits per heavy atom. The van der Waals surface area contributed by atoms with E-state index in [-0.39, 0.29) is 36.8 Å². The maximum Gasteiger partial charge on any atom is 0.242 e. The van der Waals surface area contributed by atoms with Gasteiger partial charge in [0.05, 0.1) is 12.6 Å². The van der Waals surface area contributed by atoms with Crippen molar-refractivity contribution in [2.24, 2.45) is 5.92 Å². The molecule has 1 saturated carbocycles. The molecular weight excluding hydrogens is 352 g/mol. The van der Waals surface area contributed by atoms with Crippen LogP contribution in [-0.4, -0.2) is 47.9 Å². The zero-order chi connectivity index (χ0) is 17.5. The smallest absolute Gasteiger partial charge is 0.242 e. The number of nitrogens with one attached hydrogen (secondary N) is 2. The Bertz CT molecular complexity index is 578. The van der Waals surface area contributed by atoms with Crippen molar-refractivity contribution < 1.29 is 9.59 Å². The number of carbonyl (C=O) groups is 2. The third-order valence-corrected chi connectivity index (χ3v) is 5.32. The highest BCUT2D eigenvalue weighted by Gasteiger charge is 2.28. The quantitative estimate of drug-likeness (QED) is 0.792. The first-order valence-electron chi connectivity index (χ1n) is 9.41. The lowest BCUT2D eigenvalue weighted by Crippen LogP contribution is -2.51. The van der Waals surface area contributed by atoms with Crippen LogP contribution in [0.5, 0.6) is 0 Å². The molecule has 2 amide bonds. The Balaban J connectivity index is 0.00000243. The fourth-order valence-corrected chi connectivity index (χ4v) is 3.87. The summed E-state index contributed by atoms with van der Waals surface area (Å²) in [5.74, 6) is 0.669. The van der Waals surface area contributed by atoms with Crippen LogP contribution in [0.1, 0.15) is 50.1 Å². The van der Waals surface area contributed by atoms with Crippen LogP contribution < -0.4 is 10.6 Å². The molecule has 1 saturated heterocycles. The minimum atomic E-state index is -0.0235. The third kappa shape index (κ3) is 5.68. The number of nitrogens with zero attached hydrogens (tertiary/aromatic N) is 2. The number of aromatic nitrogens is 1. The van der Waals surface area contributed by atoms with Crippen LogP contribution in [0.25, 0.3) is 0 Å². The Labute approximate surface area is 161 Å². The summed E-state index contributed by atoms with van der Waals surface area (Å²) in [7, 11) is 0. The molecular formula is C19H29ClN4O2. The number of carbonyl (C=O) groups excluding carboxylic acids is 2. The summed E-state index contributed by atoms with van der Waals surface area (Å²) < 4.78 is 0. The van der Waals surface area contributed by atoms with Gasteiger partial charge in [0.25, 0.3) is 0 Å². The van der Waals surface area contributed by atoms with Gasteiger partial charge >= 0.3 is 0 Å². The van der Waals surface area contributed by atoms with Crippen molar-refractivity contribution in [3.63, 3.8) is 0 Å². The van der Waals surface area contributed by atoms with Crippen LogP contribution in [0, 0.1) is 5.92 Å². The Morgan fingerprint density at radius 2 is 2.12 bits per heavy atom. The summed E-state index contributed by atoms with van der Waals surface area (Å²) in [5, 5.41) is 6.14. The van der Waals surface area contributed by atoms with E-state index in [1.165, 1.54) is 25.7 Å². The molecule has 1 aliphatic heterocycles.